The Hall–Kier alpha value is -2.40. The minimum absolute atomic E-state index is 0.245. The summed E-state index contributed by atoms with van der Waals surface area (Å²) in [6.45, 7) is 0. The molecule has 1 heterocycles. The van der Waals surface area contributed by atoms with Crippen LogP contribution in [0.2, 0.25) is 0 Å². The third-order valence-electron chi connectivity index (χ3n) is 3.15. The molecule has 3 aromatic rings. The molecule has 5 heteroatoms. The second kappa shape index (κ2) is 4.94. The molecule has 0 aliphatic rings. The fraction of sp³-hybridized carbons (Fsp3) is 0.0667. The summed E-state index contributed by atoms with van der Waals surface area (Å²) in [4.78, 5) is 8.34. The zero-order valence-corrected chi connectivity index (χ0v) is 10.4. The van der Waals surface area contributed by atoms with Gasteiger partial charge in [0.1, 0.15) is 11.6 Å². The van der Waals surface area contributed by atoms with Gasteiger partial charge in [-0.15, -0.1) is 0 Å². The first-order valence-electron chi connectivity index (χ1n) is 6.06. The number of hydrogen-bond donors (Lipinski definition) is 1. The van der Waals surface area contributed by atoms with Gasteiger partial charge >= 0.3 is 0 Å². The van der Waals surface area contributed by atoms with E-state index in [1.807, 2.05) is 0 Å². The Balaban J connectivity index is 2.05. The molecule has 0 fully saturated rings. The van der Waals surface area contributed by atoms with Crippen molar-refractivity contribution in [3.63, 3.8) is 0 Å². The summed E-state index contributed by atoms with van der Waals surface area (Å²) in [6, 6.07) is 8.01. The van der Waals surface area contributed by atoms with Crippen molar-refractivity contribution in [2.75, 3.05) is 0 Å². The Morgan fingerprint density at radius 2 is 1.65 bits per heavy atom. The highest BCUT2D eigenvalue weighted by molar-refractivity contribution is 5.74. The molecular weight excluding hydrogens is 260 g/mol. The number of benzene rings is 2. The van der Waals surface area contributed by atoms with Crippen LogP contribution in [0.3, 0.4) is 0 Å². The topological polar surface area (TPSA) is 51.8 Å². The van der Waals surface area contributed by atoms with E-state index in [4.69, 9.17) is 5.73 Å². The van der Waals surface area contributed by atoms with Gasteiger partial charge in [0.15, 0.2) is 0 Å². The lowest BCUT2D eigenvalue weighted by molar-refractivity contribution is 0.566. The molecule has 0 bridgehead atoms. The van der Waals surface area contributed by atoms with Crippen LogP contribution in [-0.4, -0.2) is 9.97 Å². The lowest BCUT2D eigenvalue weighted by atomic mass is 9.98. The summed E-state index contributed by atoms with van der Waals surface area (Å²) in [5, 5.41) is 0. The smallest absolute Gasteiger partial charge is 0.131 e. The predicted octanol–water partition coefficient (Wildman–Crippen LogP) is 2.96. The number of rotatable bonds is 2. The highest BCUT2D eigenvalue weighted by Crippen LogP contribution is 2.24. The van der Waals surface area contributed by atoms with Crippen LogP contribution in [0, 0.1) is 11.6 Å². The molecule has 1 atom stereocenters. The molecule has 0 amide bonds. The molecule has 0 saturated heterocycles. The Morgan fingerprint density at radius 1 is 0.900 bits per heavy atom. The first kappa shape index (κ1) is 12.6. The minimum Gasteiger partial charge on any atom is -0.320 e. The molecule has 1 aromatic heterocycles. The second-order valence-corrected chi connectivity index (χ2v) is 4.45. The molecule has 0 radical (unpaired) electrons. The summed E-state index contributed by atoms with van der Waals surface area (Å²) in [6.07, 6.45) is 3.18. The Bertz CT molecular complexity index is 774. The molecule has 2 N–H and O–H groups in total. The van der Waals surface area contributed by atoms with Crippen molar-refractivity contribution in [2.24, 2.45) is 5.73 Å². The first-order valence-corrected chi connectivity index (χ1v) is 6.06. The third kappa shape index (κ3) is 2.23. The number of aromatic nitrogens is 2. The molecule has 1 unspecified atom stereocenters. The summed E-state index contributed by atoms with van der Waals surface area (Å²) in [5.74, 6) is -1.28. The van der Waals surface area contributed by atoms with Crippen molar-refractivity contribution < 1.29 is 8.78 Å². The molecule has 20 heavy (non-hydrogen) atoms. The van der Waals surface area contributed by atoms with Gasteiger partial charge in [0.25, 0.3) is 0 Å². The fourth-order valence-corrected chi connectivity index (χ4v) is 2.11. The summed E-state index contributed by atoms with van der Waals surface area (Å²) >= 11 is 0. The van der Waals surface area contributed by atoms with Crippen LogP contribution in [-0.2, 0) is 0 Å². The Kier molecular flexibility index (Phi) is 3.12. The van der Waals surface area contributed by atoms with E-state index in [9.17, 15) is 8.78 Å². The molecule has 2 aromatic carbocycles. The SMILES string of the molecule is NC(c1ccc2nccnc2c1)c1ccc(F)cc1F. The average molecular weight is 271 g/mol. The zero-order chi connectivity index (χ0) is 14.1. The van der Waals surface area contributed by atoms with Gasteiger partial charge in [0, 0.05) is 24.0 Å². The lowest BCUT2D eigenvalue weighted by Crippen LogP contribution is -2.13. The van der Waals surface area contributed by atoms with Gasteiger partial charge in [0.2, 0.25) is 0 Å². The van der Waals surface area contributed by atoms with Crippen molar-refractivity contribution in [1.29, 1.82) is 0 Å². The quantitative estimate of drug-likeness (QED) is 0.779. The molecule has 3 rings (SSSR count). The zero-order valence-electron chi connectivity index (χ0n) is 10.4. The number of hydrogen-bond acceptors (Lipinski definition) is 3. The van der Waals surface area contributed by atoms with Crippen LogP contribution in [0.5, 0.6) is 0 Å². The van der Waals surface area contributed by atoms with E-state index in [-0.39, 0.29) is 5.56 Å². The third-order valence-corrected chi connectivity index (χ3v) is 3.15. The highest BCUT2D eigenvalue weighted by Gasteiger charge is 2.15. The van der Waals surface area contributed by atoms with Crippen LogP contribution < -0.4 is 5.73 Å². The largest absolute Gasteiger partial charge is 0.320 e. The number of fused-ring (bicyclic) bond motifs is 1. The maximum atomic E-state index is 13.8. The van der Waals surface area contributed by atoms with Crippen molar-refractivity contribution in [3.8, 4) is 0 Å². The van der Waals surface area contributed by atoms with Gasteiger partial charge in [-0.3, -0.25) is 9.97 Å². The summed E-state index contributed by atoms with van der Waals surface area (Å²) < 4.78 is 26.7. The highest BCUT2D eigenvalue weighted by atomic mass is 19.1. The summed E-state index contributed by atoms with van der Waals surface area (Å²) in [7, 11) is 0. The molecule has 0 aliphatic carbocycles. The normalized spacial score (nSPS) is 12.6. The first-order chi connectivity index (χ1) is 9.65. The monoisotopic (exact) mass is 271 g/mol. The molecule has 0 spiro atoms. The van der Waals surface area contributed by atoms with Crippen LogP contribution in [0.1, 0.15) is 17.2 Å². The van der Waals surface area contributed by atoms with Crippen LogP contribution in [0.15, 0.2) is 48.8 Å². The molecule has 0 saturated carbocycles. The molecular formula is C15H11F2N3. The number of halogens is 2. The van der Waals surface area contributed by atoms with Crippen molar-refractivity contribution >= 4 is 11.0 Å². The van der Waals surface area contributed by atoms with E-state index in [1.165, 1.54) is 12.1 Å². The number of nitrogens with two attached hydrogens (primary N) is 1. The Morgan fingerprint density at radius 3 is 2.40 bits per heavy atom. The average Bonchev–Trinajstić information content (AvgIpc) is 2.46. The van der Waals surface area contributed by atoms with Crippen molar-refractivity contribution in [1.82, 2.24) is 9.97 Å². The fourth-order valence-electron chi connectivity index (χ4n) is 2.11. The van der Waals surface area contributed by atoms with Crippen molar-refractivity contribution in [2.45, 2.75) is 6.04 Å². The van der Waals surface area contributed by atoms with Crippen LogP contribution >= 0.6 is 0 Å². The standard InChI is InChI=1S/C15H11F2N3/c16-10-2-3-11(12(17)8-10)15(18)9-1-4-13-14(7-9)20-6-5-19-13/h1-8,15H,18H2. The minimum atomic E-state index is -0.679. The molecule has 100 valence electrons. The second-order valence-electron chi connectivity index (χ2n) is 4.45. The Labute approximate surface area is 114 Å². The van der Waals surface area contributed by atoms with Gasteiger partial charge in [0.05, 0.1) is 17.1 Å². The maximum absolute atomic E-state index is 13.8. The van der Waals surface area contributed by atoms with E-state index in [2.05, 4.69) is 9.97 Å². The van der Waals surface area contributed by atoms with E-state index in [0.717, 1.165) is 11.6 Å². The molecule has 0 aliphatic heterocycles. The van der Waals surface area contributed by atoms with E-state index in [1.54, 1.807) is 30.6 Å². The maximum Gasteiger partial charge on any atom is 0.131 e. The van der Waals surface area contributed by atoms with Gasteiger partial charge in [-0.05, 0) is 23.8 Å². The lowest BCUT2D eigenvalue weighted by Gasteiger charge is -2.14. The van der Waals surface area contributed by atoms with Gasteiger partial charge < -0.3 is 5.73 Å². The van der Waals surface area contributed by atoms with Crippen LogP contribution in [0.4, 0.5) is 8.78 Å². The summed E-state index contributed by atoms with van der Waals surface area (Å²) in [5.41, 5.74) is 8.41. The molecule has 3 nitrogen and oxygen atoms in total. The number of nitrogens with zero attached hydrogens (tertiary/aromatic N) is 2. The van der Waals surface area contributed by atoms with E-state index < -0.39 is 17.7 Å². The van der Waals surface area contributed by atoms with E-state index in [0.29, 0.717) is 11.1 Å². The van der Waals surface area contributed by atoms with Gasteiger partial charge in [-0.25, -0.2) is 8.78 Å². The van der Waals surface area contributed by atoms with E-state index >= 15 is 0 Å². The predicted molar refractivity (Wildman–Crippen MR) is 71.9 cm³/mol. The van der Waals surface area contributed by atoms with Crippen LogP contribution in [0.25, 0.3) is 11.0 Å². The van der Waals surface area contributed by atoms with Gasteiger partial charge in [-0.2, -0.15) is 0 Å². The van der Waals surface area contributed by atoms with Gasteiger partial charge in [-0.1, -0.05) is 12.1 Å². The van der Waals surface area contributed by atoms with Crippen molar-refractivity contribution in [3.05, 3.63) is 71.6 Å².